The Hall–Kier alpha value is -3.47. The lowest BCUT2D eigenvalue weighted by molar-refractivity contribution is -0.186. The van der Waals surface area contributed by atoms with Gasteiger partial charge in [0.15, 0.2) is 0 Å². The number of nitrogens with zero attached hydrogens (tertiary/aromatic N) is 2. The summed E-state index contributed by atoms with van der Waals surface area (Å²) in [5, 5.41) is 0.527. The van der Waals surface area contributed by atoms with Crippen LogP contribution in [-0.2, 0) is 24.0 Å². The highest BCUT2D eigenvalue weighted by molar-refractivity contribution is 6.22. The van der Waals surface area contributed by atoms with E-state index in [-0.39, 0.29) is 21.9 Å². The van der Waals surface area contributed by atoms with Crippen molar-refractivity contribution in [2.24, 2.45) is 11.8 Å². The molecule has 2 fully saturated rings. The summed E-state index contributed by atoms with van der Waals surface area (Å²) in [6, 6.07) is 4.34. The molecule has 158 valence electrons. The lowest BCUT2D eigenvalue weighted by atomic mass is 9.79. The summed E-state index contributed by atoms with van der Waals surface area (Å²) in [6.07, 6.45) is -0.284. The molecule has 1 aliphatic carbocycles. The number of methoxy groups -OCH3 is 2. The normalized spacial score (nSPS) is 25.3. The number of imide groups is 2. The zero-order chi connectivity index (χ0) is 21.6. The molecule has 0 N–H and O–H groups in total. The number of ether oxygens (including phenoxy) is 2. The van der Waals surface area contributed by atoms with Gasteiger partial charge in [-0.2, -0.15) is 4.79 Å². The van der Waals surface area contributed by atoms with Crippen molar-refractivity contribution < 1.29 is 43.1 Å². The maximum absolute atomic E-state index is 12.6. The van der Waals surface area contributed by atoms with Crippen molar-refractivity contribution in [1.82, 2.24) is 10.1 Å². The molecule has 0 radical (unpaired) electrons. The minimum atomic E-state index is -1.57. The summed E-state index contributed by atoms with van der Waals surface area (Å²) < 4.78 is 10.3. The molecule has 0 spiro atoms. The Morgan fingerprint density at radius 1 is 0.967 bits per heavy atom. The number of benzene rings is 1. The minimum Gasteiger partial charge on any atom is -0.496 e. The van der Waals surface area contributed by atoms with Crippen LogP contribution in [0.5, 0.6) is 5.75 Å². The molecule has 0 aromatic heterocycles. The molecule has 2 aliphatic heterocycles. The number of hydroxylamine groups is 4. The molecule has 2 heterocycles. The molecular formula is C19H18N2O9. The maximum atomic E-state index is 12.6. The average molecular weight is 418 g/mol. The van der Waals surface area contributed by atoms with Crippen LogP contribution in [-0.4, -0.2) is 60.2 Å². The molecule has 4 rings (SSSR count). The van der Waals surface area contributed by atoms with Crippen molar-refractivity contribution in [3.63, 3.8) is 0 Å². The fourth-order valence-corrected chi connectivity index (χ4v) is 4.17. The highest BCUT2D eigenvalue weighted by Crippen LogP contribution is 2.40. The molecule has 1 aromatic rings. The standard InChI is InChI=1S/C19H18N2O9/c1-27-11-7-3-5-9-13(11)17(24)20(15(9)22)29-19(26)30-21-16(23)10-6-4-8-12(28-2)14(10)18(21)25/h3,5,7,10,12,14H,4,6,8H2,1-2H3. The van der Waals surface area contributed by atoms with Crippen LogP contribution >= 0.6 is 0 Å². The van der Waals surface area contributed by atoms with Crippen molar-refractivity contribution in [2.45, 2.75) is 25.4 Å². The van der Waals surface area contributed by atoms with Crippen molar-refractivity contribution in [3.05, 3.63) is 29.3 Å². The second-order valence-electron chi connectivity index (χ2n) is 7.03. The molecule has 1 saturated heterocycles. The first-order valence-electron chi connectivity index (χ1n) is 9.25. The van der Waals surface area contributed by atoms with Crippen molar-refractivity contribution >= 4 is 29.8 Å². The second kappa shape index (κ2) is 7.41. The fourth-order valence-electron chi connectivity index (χ4n) is 4.17. The molecule has 4 amide bonds. The van der Waals surface area contributed by atoms with E-state index in [1.807, 2.05) is 0 Å². The first-order chi connectivity index (χ1) is 14.4. The predicted molar refractivity (Wildman–Crippen MR) is 94.5 cm³/mol. The summed E-state index contributed by atoms with van der Waals surface area (Å²) in [6.45, 7) is 0. The number of hydrogen-bond acceptors (Lipinski definition) is 9. The first-order valence-corrected chi connectivity index (χ1v) is 9.25. The number of carbonyl (C=O) groups is 5. The van der Waals surface area contributed by atoms with Gasteiger partial charge in [-0.25, -0.2) is 0 Å². The van der Waals surface area contributed by atoms with Crippen LogP contribution in [0.3, 0.4) is 0 Å². The van der Waals surface area contributed by atoms with Crippen LogP contribution in [0, 0.1) is 11.8 Å². The van der Waals surface area contributed by atoms with E-state index < -0.39 is 47.7 Å². The van der Waals surface area contributed by atoms with E-state index in [2.05, 4.69) is 0 Å². The Bertz CT molecular complexity index is 959. The van der Waals surface area contributed by atoms with Gasteiger partial charge in [0, 0.05) is 7.11 Å². The van der Waals surface area contributed by atoms with Gasteiger partial charge in [-0.3, -0.25) is 28.9 Å². The highest BCUT2D eigenvalue weighted by atomic mass is 16.9. The minimum absolute atomic E-state index is 0.0190. The van der Waals surface area contributed by atoms with Crippen LogP contribution in [0.25, 0.3) is 0 Å². The number of rotatable bonds is 4. The number of amides is 4. The van der Waals surface area contributed by atoms with E-state index in [9.17, 15) is 24.0 Å². The summed E-state index contributed by atoms with van der Waals surface area (Å²) in [5.74, 6) is -4.54. The van der Waals surface area contributed by atoms with Crippen LogP contribution in [0.2, 0.25) is 0 Å². The Balaban J connectivity index is 1.48. The first kappa shape index (κ1) is 19.8. The quantitative estimate of drug-likeness (QED) is 0.659. The summed E-state index contributed by atoms with van der Waals surface area (Å²) in [5.41, 5.74) is -0.0884. The molecule has 11 heteroatoms. The average Bonchev–Trinajstić information content (AvgIpc) is 3.14. The predicted octanol–water partition coefficient (Wildman–Crippen LogP) is 1.07. The van der Waals surface area contributed by atoms with Gasteiger partial charge >= 0.3 is 6.16 Å². The smallest absolute Gasteiger partial charge is 0.496 e. The Kier molecular flexibility index (Phi) is 4.90. The molecule has 0 bridgehead atoms. The fraction of sp³-hybridized carbons (Fsp3) is 0.421. The van der Waals surface area contributed by atoms with Crippen LogP contribution in [0.15, 0.2) is 18.2 Å². The van der Waals surface area contributed by atoms with Crippen molar-refractivity contribution in [1.29, 1.82) is 0 Å². The van der Waals surface area contributed by atoms with Gasteiger partial charge in [0.25, 0.3) is 23.6 Å². The maximum Gasteiger partial charge on any atom is 0.560 e. The highest BCUT2D eigenvalue weighted by Gasteiger charge is 2.55. The SMILES string of the molecule is COc1cccc2c1C(=O)N(OC(=O)ON1C(=O)C3CCCC(OC)C3C1=O)C2=O. The molecule has 1 aromatic carbocycles. The Morgan fingerprint density at radius 2 is 1.70 bits per heavy atom. The van der Waals surface area contributed by atoms with E-state index >= 15 is 0 Å². The van der Waals surface area contributed by atoms with Crippen LogP contribution in [0.1, 0.15) is 40.0 Å². The Morgan fingerprint density at radius 3 is 2.40 bits per heavy atom. The topological polar surface area (TPSA) is 129 Å². The number of carbonyl (C=O) groups excluding carboxylic acids is 5. The lowest BCUT2D eigenvalue weighted by Gasteiger charge is -2.28. The lowest BCUT2D eigenvalue weighted by Crippen LogP contribution is -2.39. The van der Waals surface area contributed by atoms with E-state index in [1.165, 1.54) is 32.4 Å². The van der Waals surface area contributed by atoms with Gasteiger partial charge in [-0.1, -0.05) is 22.6 Å². The molecular weight excluding hydrogens is 400 g/mol. The van der Waals surface area contributed by atoms with Gasteiger partial charge in [0.1, 0.15) is 5.75 Å². The third-order valence-corrected chi connectivity index (χ3v) is 5.53. The molecule has 3 aliphatic rings. The third kappa shape index (κ3) is 2.89. The summed E-state index contributed by atoms with van der Waals surface area (Å²) in [7, 11) is 2.77. The van der Waals surface area contributed by atoms with Crippen molar-refractivity contribution in [2.75, 3.05) is 14.2 Å². The van der Waals surface area contributed by atoms with E-state index in [0.717, 1.165) is 0 Å². The molecule has 30 heavy (non-hydrogen) atoms. The van der Waals surface area contributed by atoms with E-state index in [0.29, 0.717) is 24.3 Å². The molecule has 1 saturated carbocycles. The van der Waals surface area contributed by atoms with Gasteiger partial charge in [0.05, 0.1) is 36.2 Å². The molecule has 3 unspecified atom stereocenters. The summed E-state index contributed by atoms with van der Waals surface area (Å²) in [4.78, 5) is 71.8. The number of hydrogen-bond donors (Lipinski definition) is 0. The van der Waals surface area contributed by atoms with Crippen LogP contribution in [0.4, 0.5) is 4.79 Å². The second-order valence-corrected chi connectivity index (χ2v) is 7.03. The Labute approximate surface area is 170 Å². The molecule has 11 nitrogen and oxygen atoms in total. The largest absolute Gasteiger partial charge is 0.560 e. The zero-order valence-electron chi connectivity index (χ0n) is 16.2. The van der Waals surface area contributed by atoms with Gasteiger partial charge in [-0.15, -0.1) is 0 Å². The van der Waals surface area contributed by atoms with Gasteiger partial charge in [0.2, 0.25) is 0 Å². The van der Waals surface area contributed by atoms with E-state index in [1.54, 1.807) is 0 Å². The molecule has 3 atom stereocenters. The monoisotopic (exact) mass is 418 g/mol. The van der Waals surface area contributed by atoms with Crippen LogP contribution < -0.4 is 4.74 Å². The zero-order valence-corrected chi connectivity index (χ0v) is 16.2. The number of fused-ring (bicyclic) bond motifs is 2. The third-order valence-electron chi connectivity index (χ3n) is 5.53. The van der Waals surface area contributed by atoms with Gasteiger partial charge in [-0.05, 0) is 25.0 Å². The van der Waals surface area contributed by atoms with Crippen molar-refractivity contribution in [3.8, 4) is 5.75 Å². The van der Waals surface area contributed by atoms with Gasteiger partial charge < -0.3 is 9.47 Å². The van der Waals surface area contributed by atoms with E-state index in [4.69, 9.17) is 19.1 Å². The summed E-state index contributed by atoms with van der Waals surface area (Å²) >= 11 is 0.